The van der Waals surface area contributed by atoms with Crippen LogP contribution in [-0.2, 0) is 0 Å². The highest BCUT2D eigenvalue weighted by Crippen LogP contribution is 2.28. The zero-order chi connectivity index (χ0) is 23.0. The van der Waals surface area contributed by atoms with Crippen LogP contribution in [-0.4, -0.2) is 36.5 Å². The van der Waals surface area contributed by atoms with E-state index in [1.54, 1.807) is 20.4 Å². The standard InChI is InChI=1S/C25H23N5O3/c1-32-20-13-11-19(12-14-20)27-24-22(25(31)28-18-8-4-3-5-9-18)23(29-30-24)26-16-17-7-6-10-21(15-17)33-2/h3-16H,1-2H3,(H,28,31)(H2,27,29,30). The Hall–Kier alpha value is -4.59. The van der Waals surface area contributed by atoms with Gasteiger partial charge in [-0.15, -0.1) is 0 Å². The lowest BCUT2D eigenvalue weighted by molar-refractivity contribution is 0.102. The van der Waals surface area contributed by atoms with Gasteiger partial charge in [-0.3, -0.25) is 9.89 Å². The van der Waals surface area contributed by atoms with Crippen molar-refractivity contribution in [2.45, 2.75) is 0 Å². The summed E-state index contributed by atoms with van der Waals surface area (Å²) in [4.78, 5) is 17.7. The van der Waals surface area contributed by atoms with Gasteiger partial charge in [0, 0.05) is 17.6 Å². The van der Waals surface area contributed by atoms with E-state index in [2.05, 4.69) is 25.8 Å². The number of rotatable bonds is 8. The van der Waals surface area contributed by atoms with Gasteiger partial charge in [0.05, 0.1) is 14.2 Å². The van der Waals surface area contributed by atoms with Crippen LogP contribution in [0.3, 0.4) is 0 Å². The second kappa shape index (κ2) is 10.1. The van der Waals surface area contributed by atoms with Crippen LogP contribution in [0.25, 0.3) is 0 Å². The van der Waals surface area contributed by atoms with Crippen molar-refractivity contribution in [3.05, 3.63) is 90.0 Å². The molecule has 0 unspecified atom stereocenters. The smallest absolute Gasteiger partial charge is 0.263 e. The fourth-order valence-electron chi connectivity index (χ4n) is 3.12. The number of carbonyl (C=O) groups is 1. The van der Waals surface area contributed by atoms with E-state index < -0.39 is 0 Å². The molecule has 33 heavy (non-hydrogen) atoms. The van der Waals surface area contributed by atoms with E-state index in [-0.39, 0.29) is 17.3 Å². The number of H-pyrrole nitrogens is 1. The minimum atomic E-state index is -0.344. The molecule has 0 atom stereocenters. The molecule has 0 saturated heterocycles. The molecule has 0 spiro atoms. The molecule has 8 heteroatoms. The maximum absolute atomic E-state index is 13.2. The molecule has 0 radical (unpaired) electrons. The fourth-order valence-corrected chi connectivity index (χ4v) is 3.12. The average Bonchev–Trinajstić information content (AvgIpc) is 3.26. The van der Waals surface area contributed by atoms with Crippen molar-refractivity contribution in [1.29, 1.82) is 0 Å². The maximum Gasteiger partial charge on any atom is 0.263 e. The Labute approximate surface area is 191 Å². The first-order valence-corrected chi connectivity index (χ1v) is 10.2. The summed E-state index contributed by atoms with van der Waals surface area (Å²) in [7, 11) is 3.21. The Morgan fingerprint density at radius 1 is 0.909 bits per heavy atom. The molecular formula is C25H23N5O3. The molecular weight excluding hydrogens is 418 g/mol. The molecule has 1 heterocycles. The maximum atomic E-state index is 13.2. The summed E-state index contributed by atoms with van der Waals surface area (Å²) in [6, 6.07) is 24.0. The zero-order valence-corrected chi connectivity index (χ0v) is 18.2. The van der Waals surface area contributed by atoms with Crippen LogP contribution in [0.4, 0.5) is 23.0 Å². The van der Waals surface area contributed by atoms with Gasteiger partial charge in [0.15, 0.2) is 5.82 Å². The first-order chi connectivity index (χ1) is 16.2. The van der Waals surface area contributed by atoms with E-state index in [0.29, 0.717) is 17.3 Å². The highest BCUT2D eigenvalue weighted by molar-refractivity contribution is 6.11. The Kier molecular flexibility index (Phi) is 6.65. The lowest BCUT2D eigenvalue weighted by atomic mass is 10.2. The van der Waals surface area contributed by atoms with E-state index in [1.807, 2.05) is 78.9 Å². The summed E-state index contributed by atoms with van der Waals surface area (Å²) in [5.74, 6) is 1.78. The van der Waals surface area contributed by atoms with Gasteiger partial charge in [-0.1, -0.05) is 30.3 Å². The number of anilines is 3. The summed E-state index contributed by atoms with van der Waals surface area (Å²) in [6.07, 6.45) is 1.63. The molecule has 4 aromatic rings. The van der Waals surface area contributed by atoms with Crippen molar-refractivity contribution in [2.75, 3.05) is 24.9 Å². The lowest BCUT2D eigenvalue weighted by Crippen LogP contribution is -2.13. The number of hydrogen-bond acceptors (Lipinski definition) is 6. The molecule has 3 aromatic carbocycles. The molecule has 0 bridgehead atoms. The third-order valence-electron chi connectivity index (χ3n) is 4.79. The molecule has 0 aliphatic heterocycles. The van der Waals surface area contributed by atoms with Crippen LogP contribution >= 0.6 is 0 Å². The third kappa shape index (κ3) is 5.37. The molecule has 1 amide bonds. The lowest BCUT2D eigenvalue weighted by Gasteiger charge is -2.09. The van der Waals surface area contributed by atoms with Crippen molar-refractivity contribution in [3.8, 4) is 11.5 Å². The fraction of sp³-hybridized carbons (Fsp3) is 0.0800. The Balaban J connectivity index is 1.66. The Morgan fingerprint density at radius 2 is 1.67 bits per heavy atom. The largest absolute Gasteiger partial charge is 0.497 e. The molecule has 3 N–H and O–H groups in total. The summed E-state index contributed by atoms with van der Waals surface area (Å²) in [5.41, 5.74) is 2.53. The SMILES string of the molecule is COc1ccc(Nc2[nH]nc(N=Cc3cccc(OC)c3)c2C(=O)Nc2ccccc2)cc1. The number of para-hydroxylation sites is 1. The van der Waals surface area contributed by atoms with Crippen LogP contribution in [0.15, 0.2) is 83.9 Å². The average molecular weight is 441 g/mol. The number of ether oxygens (including phenoxy) is 2. The van der Waals surface area contributed by atoms with Gasteiger partial charge < -0.3 is 20.1 Å². The molecule has 1 aromatic heterocycles. The number of nitrogens with zero attached hydrogens (tertiary/aromatic N) is 2. The predicted molar refractivity (Wildman–Crippen MR) is 130 cm³/mol. The predicted octanol–water partition coefficient (Wildman–Crippen LogP) is 5.17. The van der Waals surface area contributed by atoms with Crippen LogP contribution in [0.1, 0.15) is 15.9 Å². The molecule has 4 rings (SSSR count). The highest BCUT2D eigenvalue weighted by Gasteiger charge is 2.21. The van der Waals surface area contributed by atoms with Gasteiger partial charge in [-0.2, -0.15) is 5.10 Å². The number of aromatic amines is 1. The number of aromatic nitrogens is 2. The van der Waals surface area contributed by atoms with Crippen LogP contribution < -0.4 is 20.1 Å². The molecule has 8 nitrogen and oxygen atoms in total. The number of amides is 1. The molecule has 0 aliphatic carbocycles. The quantitative estimate of drug-likeness (QED) is 0.327. The van der Waals surface area contributed by atoms with Crippen LogP contribution in [0.2, 0.25) is 0 Å². The van der Waals surface area contributed by atoms with Gasteiger partial charge in [-0.25, -0.2) is 4.99 Å². The monoisotopic (exact) mass is 441 g/mol. The topological polar surface area (TPSA) is 101 Å². The summed E-state index contributed by atoms with van der Waals surface area (Å²) in [6.45, 7) is 0. The number of carbonyl (C=O) groups excluding carboxylic acids is 1. The summed E-state index contributed by atoms with van der Waals surface area (Å²) < 4.78 is 10.5. The van der Waals surface area contributed by atoms with E-state index in [4.69, 9.17) is 9.47 Å². The molecule has 0 fully saturated rings. The number of methoxy groups -OCH3 is 2. The first kappa shape index (κ1) is 21.6. The zero-order valence-electron chi connectivity index (χ0n) is 18.2. The number of benzene rings is 3. The van der Waals surface area contributed by atoms with Gasteiger partial charge >= 0.3 is 0 Å². The van der Waals surface area contributed by atoms with E-state index in [9.17, 15) is 4.79 Å². The van der Waals surface area contributed by atoms with E-state index >= 15 is 0 Å². The van der Waals surface area contributed by atoms with Crippen molar-refractivity contribution in [1.82, 2.24) is 10.2 Å². The van der Waals surface area contributed by atoms with Crippen molar-refractivity contribution in [3.63, 3.8) is 0 Å². The third-order valence-corrected chi connectivity index (χ3v) is 4.79. The van der Waals surface area contributed by atoms with E-state index in [0.717, 1.165) is 17.0 Å². The number of aliphatic imine (C=N–C) groups is 1. The van der Waals surface area contributed by atoms with E-state index in [1.165, 1.54) is 0 Å². The number of hydrogen-bond donors (Lipinski definition) is 3. The van der Waals surface area contributed by atoms with Gasteiger partial charge in [0.2, 0.25) is 0 Å². The number of nitrogens with one attached hydrogen (secondary N) is 3. The highest BCUT2D eigenvalue weighted by atomic mass is 16.5. The summed E-state index contributed by atoms with van der Waals surface area (Å²) in [5, 5.41) is 13.2. The van der Waals surface area contributed by atoms with Gasteiger partial charge in [0.1, 0.15) is 22.9 Å². The van der Waals surface area contributed by atoms with Crippen molar-refractivity contribution < 1.29 is 14.3 Å². The normalized spacial score (nSPS) is 10.7. The van der Waals surface area contributed by atoms with Gasteiger partial charge in [-0.05, 0) is 54.1 Å². The van der Waals surface area contributed by atoms with Crippen molar-refractivity contribution >= 4 is 35.1 Å². The second-order valence-corrected chi connectivity index (χ2v) is 7.01. The van der Waals surface area contributed by atoms with Crippen LogP contribution in [0, 0.1) is 0 Å². The molecule has 0 saturated carbocycles. The molecule has 0 aliphatic rings. The Bertz CT molecular complexity index is 1250. The van der Waals surface area contributed by atoms with Gasteiger partial charge in [0.25, 0.3) is 5.91 Å². The first-order valence-electron chi connectivity index (χ1n) is 10.2. The van der Waals surface area contributed by atoms with Crippen molar-refractivity contribution in [2.24, 2.45) is 4.99 Å². The van der Waals surface area contributed by atoms with Crippen LogP contribution in [0.5, 0.6) is 11.5 Å². The second-order valence-electron chi connectivity index (χ2n) is 7.01. The minimum Gasteiger partial charge on any atom is -0.497 e. The Morgan fingerprint density at radius 3 is 2.39 bits per heavy atom. The minimum absolute atomic E-state index is 0.252. The molecule has 166 valence electrons. The summed E-state index contributed by atoms with van der Waals surface area (Å²) >= 11 is 0.